The van der Waals surface area contributed by atoms with Crippen LogP contribution < -0.4 is 5.32 Å². The molecule has 1 aromatic carbocycles. The number of nitro groups is 1. The van der Waals surface area contributed by atoms with E-state index in [0.29, 0.717) is 12.2 Å². The lowest BCUT2D eigenvalue weighted by molar-refractivity contribution is -0.385. The van der Waals surface area contributed by atoms with Gasteiger partial charge in [0, 0.05) is 18.0 Å². The SMILES string of the molecule is Cc1ccc(CNc2cc(F)cc([N+](=O)[O-])c2)nc1. The Bertz CT molecular complexity index is 599. The van der Waals surface area contributed by atoms with Crippen LogP contribution in [-0.4, -0.2) is 9.91 Å². The van der Waals surface area contributed by atoms with Gasteiger partial charge >= 0.3 is 0 Å². The van der Waals surface area contributed by atoms with Gasteiger partial charge in [0.1, 0.15) is 5.82 Å². The second-order valence-electron chi connectivity index (χ2n) is 4.14. The largest absolute Gasteiger partial charge is 0.379 e. The monoisotopic (exact) mass is 261 g/mol. The van der Waals surface area contributed by atoms with Crippen LogP contribution in [0.25, 0.3) is 0 Å². The van der Waals surface area contributed by atoms with Crippen molar-refractivity contribution in [2.45, 2.75) is 13.5 Å². The molecule has 1 heterocycles. The van der Waals surface area contributed by atoms with E-state index in [1.165, 1.54) is 12.1 Å². The van der Waals surface area contributed by atoms with Crippen molar-refractivity contribution in [1.29, 1.82) is 0 Å². The van der Waals surface area contributed by atoms with E-state index in [1.807, 2.05) is 19.1 Å². The molecular formula is C13H12FN3O2. The van der Waals surface area contributed by atoms with Crippen molar-refractivity contribution >= 4 is 11.4 Å². The van der Waals surface area contributed by atoms with Crippen molar-refractivity contribution in [1.82, 2.24) is 4.98 Å². The van der Waals surface area contributed by atoms with Gasteiger partial charge in [-0.2, -0.15) is 0 Å². The molecule has 0 bridgehead atoms. The Balaban J connectivity index is 2.11. The van der Waals surface area contributed by atoms with Gasteiger partial charge < -0.3 is 5.32 Å². The molecule has 2 aromatic rings. The van der Waals surface area contributed by atoms with Crippen molar-refractivity contribution in [2.75, 3.05) is 5.32 Å². The number of non-ortho nitro benzene ring substituents is 1. The Morgan fingerprint density at radius 3 is 2.79 bits per heavy atom. The highest BCUT2D eigenvalue weighted by Gasteiger charge is 2.09. The van der Waals surface area contributed by atoms with Crippen molar-refractivity contribution in [2.24, 2.45) is 0 Å². The molecule has 0 radical (unpaired) electrons. The van der Waals surface area contributed by atoms with Gasteiger partial charge in [-0.15, -0.1) is 0 Å². The molecule has 0 saturated carbocycles. The quantitative estimate of drug-likeness (QED) is 0.678. The summed E-state index contributed by atoms with van der Waals surface area (Å²) in [6.07, 6.45) is 1.73. The van der Waals surface area contributed by atoms with Crippen molar-refractivity contribution in [3.8, 4) is 0 Å². The lowest BCUT2D eigenvalue weighted by Crippen LogP contribution is -2.02. The Kier molecular flexibility index (Phi) is 3.70. The molecule has 0 aliphatic carbocycles. The first kappa shape index (κ1) is 12.9. The number of anilines is 1. The molecule has 1 N–H and O–H groups in total. The van der Waals surface area contributed by atoms with Crippen molar-refractivity contribution < 1.29 is 9.31 Å². The summed E-state index contributed by atoms with van der Waals surface area (Å²) in [5.41, 5.74) is 1.90. The number of aromatic nitrogens is 1. The molecule has 0 aliphatic rings. The molecule has 0 unspecified atom stereocenters. The number of halogens is 1. The molecule has 19 heavy (non-hydrogen) atoms. The minimum Gasteiger partial charge on any atom is -0.379 e. The Hall–Kier alpha value is -2.50. The van der Waals surface area contributed by atoms with E-state index in [4.69, 9.17) is 0 Å². The third-order valence-electron chi connectivity index (χ3n) is 2.54. The van der Waals surface area contributed by atoms with Gasteiger partial charge in [0.25, 0.3) is 5.69 Å². The molecule has 0 amide bonds. The number of rotatable bonds is 4. The fourth-order valence-corrected chi connectivity index (χ4v) is 1.58. The summed E-state index contributed by atoms with van der Waals surface area (Å²) in [5.74, 6) is -0.645. The topological polar surface area (TPSA) is 68.1 Å². The second-order valence-corrected chi connectivity index (χ2v) is 4.14. The zero-order valence-electron chi connectivity index (χ0n) is 10.3. The molecule has 0 fully saturated rings. The number of nitrogens with zero attached hydrogens (tertiary/aromatic N) is 2. The first-order valence-electron chi connectivity index (χ1n) is 5.65. The average Bonchev–Trinajstić information content (AvgIpc) is 2.37. The van der Waals surface area contributed by atoms with E-state index in [1.54, 1.807) is 6.20 Å². The van der Waals surface area contributed by atoms with Gasteiger partial charge in [0.2, 0.25) is 0 Å². The molecule has 1 aromatic heterocycles. The van der Waals surface area contributed by atoms with E-state index < -0.39 is 10.7 Å². The van der Waals surface area contributed by atoms with Crippen LogP contribution in [0.2, 0.25) is 0 Å². The van der Waals surface area contributed by atoms with E-state index in [-0.39, 0.29) is 5.69 Å². The van der Waals surface area contributed by atoms with Gasteiger partial charge in [-0.1, -0.05) is 6.07 Å². The van der Waals surface area contributed by atoms with Crippen LogP contribution in [0, 0.1) is 22.9 Å². The minimum absolute atomic E-state index is 0.278. The lowest BCUT2D eigenvalue weighted by Gasteiger charge is -2.06. The minimum atomic E-state index is -0.645. The highest BCUT2D eigenvalue weighted by Crippen LogP contribution is 2.20. The van der Waals surface area contributed by atoms with E-state index in [9.17, 15) is 14.5 Å². The molecule has 0 spiro atoms. The maximum absolute atomic E-state index is 13.2. The van der Waals surface area contributed by atoms with Crippen LogP contribution >= 0.6 is 0 Å². The molecule has 98 valence electrons. The van der Waals surface area contributed by atoms with Crippen LogP contribution in [-0.2, 0) is 6.54 Å². The lowest BCUT2D eigenvalue weighted by atomic mass is 10.2. The summed E-state index contributed by atoms with van der Waals surface area (Å²) in [5, 5.41) is 13.5. The van der Waals surface area contributed by atoms with Gasteiger partial charge in [0.15, 0.2) is 0 Å². The normalized spacial score (nSPS) is 10.2. The smallest absolute Gasteiger partial charge is 0.274 e. The summed E-state index contributed by atoms with van der Waals surface area (Å²) >= 11 is 0. The summed E-state index contributed by atoms with van der Waals surface area (Å²) in [6, 6.07) is 7.14. The maximum Gasteiger partial charge on any atom is 0.274 e. The summed E-state index contributed by atoms with van der Waals surface area (Å²) in [4.78, 5) is 14.2. The molecule has 5 nitrogen and oxygen atoms in total. The van der Waals surface area contributed by atoms with Crippen LogP contribution in [0.1, 0.15) is 11.3 Å². The summed E-state index contributed by atoms with van der Waals surface area (Å²) < 4.78 is 13.2. The first-order valence-corrected chi connectivity index (χ1v) is 5.65. The van der Waals surface area contributed by atoms with Crippen molar-refractivity contribution in [3.63, 3.8) is 0 Å². The first-order chi connectivity index (χ1) is 9.04. The van der Waals surface area contributed by atoms with Crippen LogP contribution in [0.15, 0.2) is 36.5 Å². The number of pyridine rings is 1. The number of nitrogens with one attached hydrogen (secondary N) is 1. The second kappa shape index (κ2) is 5.43. The number of aryl methyl sites for hydroxylation is 1. The summed E-state index contributed by atoms with van der Waals surface area (Å²) in [6.45, 7) is 2.31. The van der Waals surface area contributed by atoms with E-state index >= 15 is 0 Å². The number of hydrogen-bond donors (Lipinski definition) is 1. The van der Waals surface area contributed by atoms with Crippen LogP contribution in [0.4, 0.5) is 15.8 Å². The van der Waals surface area contributed by atoms with Gasteiger partial charge in [-0.05, 0) is 24.6 Å². The predicted molar refractivity (Wildman–Crippen MR) is 69.4 cm³/mol. The zero-order valence-corrected chi connectivity index (χ0v) is 10.3. The third-order valence-corrected chi connectivity index (χ3v) is 2.54. The maximum atomic E-state index is 13.2. The van der Waals surface area contributed by atoms with Gasteiger partial charge in [0.05, 0.1) is 23.2 Å². The zero-order chi connectivity index (χ0) is 13.8. The fourth-order valence-electron chi connectivity index (χ4n) is 1.58. The van der Waals surface area contributed by atoms with Crippen LogP contribution in [0.3, 0.4) is 0 Å². The molecule has 2 rings (SSSR count). The number of hydrogen-bond acceptors (Lipinski definition) is 4. The molecular weight excluding hydrogens is 249 g/mol. The molecule has 0 aliphatic heterocycles. The van der Waals surface area contributed by atoms with Gasteiger partial charge in [-0.25, -0.2) is 4.39 Å². The predicted octanol–water partition coefficient (Wildman–Crippen LogP) is 3.05. The summed E-state index contributed by atoms with van der Waals surface area (Å²) in [7, 11) is 0. The molecule has 0 saturated heterocycles. The Morgan fingerprint density at radius 2 is 2.16 bits per heavy atom. The third kappa shape index (κ3) is 3.48. The molecule has 6 heteroatoms. The average molecular weight is 261 g/mol. The van der Waals surface area contributed by atoms with Crippen molar-refractivity contribution in [3.05, 3.63) is 63.7 Å². The standard InChI is InChI=1S/C13H12FN3O2/c1-9-2-3-11(15-7-9)8-16-12-4-10(14)5-13(6-12)17(18)19/h2-7,16H,8H2,1H3. The van der Waals surface area contributed by atoms with Crippen LogP contribution in [0.5, 0.6) is 0 Å². The fraction of sp³-hybridized carbons (Fsp3) is 0.154. The number of benzene rings is 1. The highest BCUT2D eigenvalue weighted by atomic mass is 19.1. The number of nitro benzene ring substituents is 1. The highest BCUT2D eigenvalue weighted by molar-refractivity contribution is 5.51. The Labute approximate surface area is 109 Å². The molecule has 0 atom stereocenters. The Morgan fingerprint density at radius 1 is 1.37 bits per heavy atom. The van der Waals surface area contributed by atoms with E-state index in [2.05, 4.69) is 10.3 Å². The van der Waals surface area contributed by atoms with E-state index in [0.717, 1.165) is 17.3 Å². The van der Waals surface area contributed by atoms with Gasteiger partial charge in [-0.3, -0.25) is 15.1 Å².